The smallest absolute Gasteiger partial charge is 0.271 e. The Hall–Kier alpha value is -1.14. The number of nitrogens with two attached hydrogens (primary N) is 1. The Bertz CT molecular complexity index is 393. The third kappa shape index (κ3) is 3.17. The van der Waals surface area contributed by atoms with Crippen molar-refractivity contribution in [2.45, 2.75) is 25.8 Å². The van der Waals surface area contributed by atoms with E-state index in [0.717, 1.165) is 32.5 Å². The Labute approximate surface area is 105 Å². The maximum atomic E-state index is 11.9. The average Bonchev–Trinajstić information content (AvgIpc) is 2.76. The molecular formula is C11H18N4OS. The van der Waals surface area contributed by atoms with Gasteiger partial charge in [-0.15, -0.1) is 11.3 Å². The molecule has 0 saturated carbocycles. The van der Waals surface area contributed by atoms with E-state index in [-0.39, 0.29) is 11.9 Å². The number of likely N-dealkylation sites (tertiary alicyclic amines) is 1. The maximum Gasteiger partial charge on any atom is 0.271 e. The van der Waals surface area contributed by atoms with Crippen LogP contribution in [0, 0.1) is 0 Å². The molecule has 2 rings (SSSR count). The van der Waals surface area contributed by atoms with Crippen molar-refractivity contribution in [3.8, 4) is 0 Å². The normalized spacial score (nSPS) is 21.4. The van der Waals surface area contributed by atoms with Crippen LogP contribution in [0.15, 0.2) is 5.38 Å². The van der Waals surface area contributed by atoms with Crippen molar-refractivity contribution in [2.24, 2.45) is 0 Å². The van der Waals surface area contributed by atoms with Gasteiger partial charge in [0.2, 0.25) is 0 Å². The minimum Gasteiger partial charge on any atom is -0.375 e. The summed E-state index contributed by atoms with van der Waals surface area (Å²) in [7, 11) is 0. The number of nitrogen functional groups attached to an aromatic ring is 1. The molecule has 0 unspecified atom stereocenters. The van der Waals surface area contributed by atoms with Crippen LogP contribution in [0.4, 0.5) is 5.13 Å². The lowest BCUT2D eigenvalue weighted by atomic mass is 10.1. The number of carbonyl (C=O) groups is 1. The molecule has 94 valence electrons. The number of amides is 1. The molecule has 3 N–H and O–H groups in total. The quantitative estimate of drug-likeness (QED) is 0.842. The average molecular weight is 254 g/mol. The number of nitrogens with zero attached hydrogens (tertiary/aromatic N) is 2. The van der Waals surface area contributed by atoms with Crippen LogP contribution in [0.3, 0.4) is 0 Å². The van der Waals surface area contributed by atoms with E-state index >= 15 is 0 Å². The minimum atomic E-state index is -0.110. The molecule has 2 heterocycles. The van der Waals surface area contributed by atoms with E-state index in [9.17, 15) is 4.79 Å². The first-order valence-electron chi connectivity index (χ1n) is 5.93. The molecule has 1 aromatic heterocycles. The number of hydrogen-bond acceptors (Lipinski definition) is 5. The van der Waals surface area contributed by atoms with E-state index in [2.05, 4.69) is 22.1 Å². The second kappa shape index (κ2) is 5.46. The first kappa shape index (κ1) is 12.3. The van der Waals surface area contributed by atoms with Gasteiger partial charge in [0.25, 0.3) is 5.91 Å². The number of nitrogens with one attached hydrogen (secondary N) is 1. The molecule has 1 fully saturated rings. The number of carbonyl (C=O) groups excluding carboxylic acids is 1. The molecule has 1 atom stereocenters. The summed E-state index contributed by atoms with van der Waals surface area (Å²) in [5.41, 5.74) is 5.94. The molecule has 1 saturated heterocycles. The summed E-state index contributed by atoms with van der Waals surface area (Å²) in [6, 6.07) is 0.235. The molecule has 0 aromatic carbocycles. The third-order valence-electron chi connectivity index (χ3n) is 3.04. The van der Waals surface area contributed by atoms with Crippen LogP contribution in [-0.4, -0.2) is 41.5 Å². The number of likely N-dealkylation sites (N-methyl/N-ethyl adjacent to an activating group) is 1. The molecule has 5 nitrogen and oxygen atoms in total. The first-order chi connectivity index (χ1) is 8.19. The molecule has 0 bridgehead atoms. The molecule has 1 amide bonds. The number of thiazole rings is 1. The Morgan fingerprint density at radius 1 is 1.76 bits per heavy atom. The van der Waals surface area contributed by atoms with Crippen LogP contribution in [0.5, 0.6) is 0 Å². The summed E-state index contributed by atoms with van der Waals surface area (Å²) in [6.07, 6.45) is 2.18. The molecule has 6 heteroatoms. The molecule has 17 heavy (non-hydrogen) atoms. The number of hydrogen-bond donors (Lipinski definition) is 2. The third-order valence-corrected chi connectivity index (χ3v) is 3.72. The fraction of sp³-hybridized carbons (Fsp3) is 0.636. The SMILES string of the molecule is CCN1CCC[C@@H](NC(=O)c2csc(N)n2)C1. The summed E-state index contributed by atoms with van der Waals surface area (Å²) in [6.45, 7) is 5.25. The Kier molecular flexibility index (Phi) is 3.96. The summed E-state index contributed by atoms with van der Waals surface area (Å²) in [5, 5.41) is 5.16. The van der Waals surface area contributed by atoms with Crippen LogP contribution >= 0.6 is 11.3 Å². The van der Waals surface area contributed by atoms with Crippen molar-refractivity contribution in [3.05, 3.63) is 11.1 Å². The van der Waals surface area contributed by atoms with Crippen LogP contribution in [-0.2, 0) is 0 Å². The van der Waals surface area contributed by atoms with Crippen molar-refractivity contribution in [1.29, 1.82) is 0 Å². The van der Waals surface area contributed by atoms with Crippen LogP contribution in [0.25, 0.3) is 0 Å². The van der Waals surface area contributed by atoms with Gasteiger partial charge in [-0.25, -0.2) is 4.98 Å². The van der Waals surface area contributed by atoms with Crippen LogP contribution < -0.4 is 11.1 Å². The van der Waals surface area contributed by atoms with Gasteiger partial charge in [0.1, 0.15) is 5.69 Å². The summed E-state index contributed by atoms with van der Waals surface area (Å²) >= 11 is 1.30. The lowest BCUT2D eigenvalue weighted by Gasteiger charge is -2.32. The van der Waals surface area contributed by atoms with Gasteiger partial charge in [0.15, 0.2) is 5.13 Å². The van der Waals surface area contributed by atoms with Crippen LogP contribution in [0.1, 0.15) is 30.3 Å². The van der Waals surface area contributed by atoms with E-state index in [4.69, 9.17) is 5.73 Å². The second-order valence-corrected chi connectivity index (χ2v) is 5.17. The van der Waals surface area contributed by atoms with Gasteiger partial charge < -0.3 is 16.0 Å². The first-order valence-corrected chi connectivity index (χ1v) is 6.81. The van der Waals surface area contributed by atoms with E-state index in [0.29, 0.717) is 10.8 Å². The lowest BCUT2D eigenvalue weighted by molar-refractivity contribution is 0.0901. The van der Waals surface area contributed by atoms with Gasteiger partial charge >= 0.3 is 0 Å². The molecule has 0 spiro atoms. The number of rotatable bonds is 3. The van der Waals surface area contributed by atoms with Gasteiger partial charge in [-0.3, -0.25) is 4.79 Å². The predicted molar refractivity (Wildman–Crippen MR) is 69.1 cm³/mol. The summed E-state index contributed by atoms with van der Waals surface area (Å²) in [4.78, 5) is 18.2. The predicted octanol–water partition coefficient (Wildman–Crippen LogP) is 0.939. The number of anilines is 1. The molecule has 1 aliphatic rings. The zero-order valence-corrected chi connectivity index (χ0v) is 10.8. The lowest BCUT2D eigenvalue weighted by Crippen LogP contribution is -2.47. The summed E-state index contributed by atoms with van der Waals surface area (Å²) < 4.78 is 0. The fourth-order valence-corrected chi connectivity index (χ4v) is 2.65. The Morgan fingerprint density at radius 3 is 3.24 bits per heavy atom. The highest BCUT2D eigenvalue weighted by atomic mass is 32.1. The van der Waals surface area contributed by atoms with E-state index in [1.54, 1.807) is 5.38 Å². The standard InChI is InChI=1S/C11H18N4OS/c1-2-15-5-3-4-8(6-15)13-10(16)9-7-17-11(12)14-9/h7-8H,2-6H2,1H3,(H2,12,14)(H,13,16)/t8-/m1/s1. The number of piperidine rings is 1. The van der Waals surface area contributed by atoms with Gasteiger partial charge in [0, 0.05) is 18.0 Å². The Balaban J connectivity index is 1.90. The second-order valence-electron chi connectivity index (χ2n) is 4.28. The van der Waals surface area contributed by atoms with Gasteiger partial charge in [-0.05, 0) is 25.9 Å². The Morgan fingerprint density at radius 2 is 2.59 bits per heavy atom. The largest absolute Gasteiger partial charge is 0.375 e. The zero-order chi connectivity index (χ0) is 12.3. The van der Waals surface area contributed by atoms with Gasteiger partial charge in [0.05, 0.1) is 0 Å². The highest BCUT2D eigenvalue weighted by Crippen LogP contribution is 2.13. The monoisotopic (exact) mass is 254 g/mol. The van der Waals surface area contributed by atoms with E-state index in [1.807, 2.05) is 0 Å². The van der Waals surface area contributed by atoms with E-state index in [1.165, 1.54) is 11.3 Å². The van der Waals surface area contributed by atoms with Crippen molar-refractivity contribution in [2.75, 3.05) is 25.4 Å². The highest BCUT2D eigenvalue weighted by molar-refractivity contribution is 7.13. The summed E-state index contributed by atoms with van der Waals surface area (Å²) in [5.74, 6) is -0.110. The highest BCUT2D eigenvalue weighted by Gasteiger charge is 2.21. The van der Waals surface area contributed by atoms with Crippen molar-refractivity contribution in [3.63, 3.8) is 0 Å². The van der Waals surface area contributed by atoms with Crippen molar-refractivity contribution in [1.82, 2.24) is 15.2 Å². The molecule has 0 radical (unpaired) electrons. The molecule has 1 aliphatic heterocycles. The fourth-order valence-electron chi connectivity index (χ4n) is 2.11. The topological polar surface area (TPSA) is 71.2 Å². The van der Waals surface area contributed by atoms with Gasteiger partial charge in [-0.2, -0.15) is 0 Å². The number of aromatic nitrogens is 1. The molecule has 0 aliphatic carbocycles. The molecular weight excluding hydrogens is 236 g/mol. The molecule has 1 aromatic rings. The van der Waals surface area contributed by atoms with Crippen LogP contribution in [0.2, 0.25) is 0 Å². The minimum absolute atomic E-state index is 0.110. The van der Waals surface area contributed by atoms with Crippen molar-refractivity contribution >= 4 is 22.4 Å². The van der Waals surface area contributed by atoms with E-state index < -0.39 is 0 Å². The van der Waals surface area contributed by atoms with Gasteiger partial charge in [-0.1, -0.05) is 6.92 Å². The maximum absolute atomic E-state index is 11.9. The zero-order valence-electron chi connectivity index (χ0n) is 9.98. The van der Waals surface area contributed by atoms with Crippen molar-refractivity contribution < 1.29 is 4.79 Å².